The van der Waals surface area contributed by atoms with Crippen molar-refractivity contribution in [2.75, 3.05) is 0 Å². The molecule has 0 unspecified atom stereocenters. The summed E-state index contributed by atoms with van der Waals surface area (Å²) in [6.07, 6.45) is 5.85. The van der Waals surface area contributed by atoms with E-state index in [1.807, 2.05) is 55.5 Å². The summed E-state index contributed by atoms with van der Waals surface area (Å²) in [6, 6.07) is 13.3. The van der Waals surface area contributed by atoms with Crippen molar-refractivity contribution in [1.82, 2.24) is 0 Å². The van der Waals surface area contributed by atoms with Gasteiger partial charge in [-0.05, 0) is 59.0 Å². The number of phenols is 1. The van der Waals surface area contributed by atoms with Crippen molar-refractivity contribution < 1.29 is 9.90 Å². The van der Waals surface area contributed by atoms with Crippen molar-refractivity contribution in [3.8, 4) is 5.75 Å². The Morgan fingerprint density at radius 1 is 0.909 bits per heavy atom. The van der Waals surface area contributed by atoms with Crippen molar-refractivity contribution in [3.05, 3.63) is 82.4 Å². The number of ketones is 1. The molecule has 0 atom stereocenters. The minimum atomic E-state index is 0.0405. The van der Waals surface area contributed by atoms with Crippen LogP contribution in [-0.2, 0) is 4.79 Å². The van der Waals surface area contributed by atoms with E-state index >= 15 is 0 Å². The van der Waals surface area contributed by atoms with Crippen LogP contribution >= 0.6 is 0 Å². The largest absolute Gasteiger partial charge is 0.508 e. The predicted molar refractivity (Wildman–Crippen MR) is 88.2 cm³/mol. The van der Waals surface area contributed by atoms with Crippen molar-refractivity contribution >= 4 is 23.0 Å². The zero-order valence-electron chi connectivity index (χ0n) is 12.1. The second-order valence-electron chi connectivity index (χ2n) is 5.64. The van der Waals surface area contributed by atoms with Crippen LogP contribution in [0.15, 0.2) is 60.2 Å². The van der Waals surface area contributed by atoms with E-state index in [1.54, 1.807) is 12.1 Å². The molecule has 4 rings (SSSR count). The average molecular weight is 286 g/mol. The van der Waals surface area contributed by atoms with Gasteiger partial charge in [0.15, 0.2) is 5.78 Å². The summed E-state index contributed by atoms with van der Waals surface area (Å²) in [7, 11) is 0. The van der Waals surface area contributed by atoms with Crippen molar-refractivity contribution in [2.24, 2.45) is 0 Å². The van der Waals surface area contributed by atoms with Gasteiger partial charge in [-0.15, -0.1) is 0 Å². The third kappa shape index (κ3) is 1.77. The summed E-state index contributed by atoms with van der Waals surface area (Å²) in [5, 5.41) is 9.65. The zero-order chi connectivity index (χ0) is 15.3. The maximum atomic E-state index is 12.8. The number of carbonyl (C=O) groups excluding carboxylic acids is 1. The van der Waals surface area contributed by atoms with Gasteiger partial charge >= 0.3 is 0 Å². The quantitative estimate of drug-likeness (QED) is 0.855. The third-order valence-corrected chi connectivity index (χ3v) is 4.25. The molecule has 1 N–H and O–H groups in total. The molecule has 0 radical (unpaired) electrons. The lowest BCUT2D eigenvalue weighted by molar-refractivity contribution is -0.110. The molecule has 2 aromatic rings. The Kier molecular flexibility index (Phi) is 2.67. The van der Waals surface area contributed by atoms with Gasteiger partial charge in [-0.25, -0.2) is 0 Å². The topological polar surface area (TPSA) is 37.3 Å². The van der Waals surface area contributed by atoms with E-state index in [9.17, 15) is 9.90 Å². The summed E-state index contributed by atoms with van der Waals surface area (Å²) in [5.74, 6) is 0.287. The van der Waals surface area contributed by atoms with Gasteiger partial charge in [0, 0.05) is 11.1 Å². The van der Waals surface area contributed by atoms with Gasteiger partial charge in [-0.2, -0.15) is 0 Å². The molecule has 2 nitrogen and oxygen atoms in total. The molecule has 2 heteroatoms. The minimum Gasteiger partial charge on any atom is -0.508 e. The van der Waals surface area contributed by atoms with Crippen LogP contribution in [0.2, 0.25) is 0 Å². The van der Waals surface area contributed by atoms with Crippen LogP contribution in [0, 0.1) is 6.92 Å². The Labute approximate surface area is 128 Å². The molecule has 0 saturated heterocycles. The van der Waals surface area contributed by atoms with E-state index in [0.29, 0.717) is 5.57 Å². The number of allylic oxidation sites excluding steroid dienone is 5. The van der Waals surface area contributed by atoms with Gasteiger partial charge in [-0.3, -0.25) is 4.79 Å². The molecule has 0 aliphatic heterocycles. The number of fused-ring (bicyclic) bond motifs is 3. The highest BCUT2D eigenvalue weighted by Gasteiger charge is 2.28. The molecule has 0 saturated carbocycles. The van der Waals surface area contributed by atoms with Crippen LogP contribution in [-0.4, -0.2) is 10.9 Å². The van der Waals surface area contributed by atoms with E-state index < -0.39 is 0 Å². The van der Waals surface area contributed by atoms with E-state index in [-0.39, 0.29) is 11.5 Å². The number of Topliss-reactive ketones (excluding diaryl/α,β-unsaturated/α-hetero) is 1. The Bertz CT molecular complexity index is 911. The summed E-state index contributed by atoms with van der Waals surface area (Å²) in [5.41, 5.74) is 6.24. The number of aromatic hydroxyl groups is 1. The third-order valence-electron chi connectivity index (χ3n) is 4.25. The SMILES string of the molecule is Cc1cc(C2=CC=C3C(=Cc4ccccc43)C2=O)ccc1O. The molecule has 0 amide bonds. The summed E-state index contributed by atoms with van der Waals surface area (Å²) < 4.78 is 0. The summed E-state index contributed by atoms with van der Waals surface area (Å²) >= 11 is 0. The molecule has 22 heavy (non-hydrogen) atoms. The monoisotopic (exact) mass is 286 g/mol. The van der Waals surface area contributed by atoms with Gasteiger partial charge < -0.3 is 5.11 Å². The molecule has 2 aromatic carbocycles. The van der Waals surface area contributed by atoms with E-state index in [4.69, 9.17) is 0 Å². The molecule has 0 heterocycles. The Hall–Kier alpha value is -2.87. The Morgan fingerprint density at radius 3 is 2.50 bits per heavy atom. The molecule has 0 spiro atoms. The fourth-order valence-corrected chi connectivity index (χ4v) is 3.05. The van der Waals surface area contributed by atoms with E-state index in [1.165, 1.54) is 0 Å². The van der Waals surface area contributed by atoms with E-state index in [0.717, 1.165) is 33.4 Å². The van der Waals surface area contributed by atoms with Crippen LogP contribution in [0.5, 0.6) is 5.75 Å². The maximum absolute atomic E-state index is 12.8. The molecule has 0 bridgehead atoms. The molecule has 2 aliphatic rings. The highest BCUT2D eigenvalue weighted by molar-refractivity contribution is 6.38. The number of carbonyl (C=O) groups is 1. The second kappa shape index (κ2) is 4.57. The molecular formula is C20H14O2. The fourth-order valence-electron chi connectivity index (χ4n) is 3.05. The standard InChI is InChI=1S/C20H14O2/c1-12-10-14(6-9-19(12)21)16-7-8-17-15-5-3-2-4-13(15)11-18(17)20(16)22/h2-11,21H,1H3. The number of aryl methyl sites for hydroxylation is 1. The first-order valence-electron chi connectivity index (χ1n) is 7.23. The van der Waals surface area contributed by atoms with Gasteiger partial charge in [0.25, 0.3) is 0 Å². The number of benzene rings is 2. The fraction of sp³-hybridized carbons (Fsp3) is 0.0500. The normalized spacial score (nSPS) is 15.7. The van der Waals surface area contributed by atoms with Crippen molar-refractivity contribution in [2.45, 2.75) is 6.92 Å². The minimum absolute atomic E-state index is 0.0405. The lowest BCUT2D eigenvalue weighted by Gasteiger charge is -2.15. The van der Waals surface area contributed by atoms with Gasteiger partial charge in [0.05, 0.1) is 0 Å². The lowest BCUT2D eigenvalue weighted by Crippen LogP contribution is -2.08. The molecule has 0 fully saturated rings. The van der Waals surface area contributed by atoms with Crippen LogP contribution < -0.4 is 0 Å². The first-order valence-corrected chi connectivity index (χ1v) is 7.23. The van der Waals surface area contributed by atoms with Crippen LogP contribution in [0.25, 0.3) is 17.2 Å². The number of phenolic OH excluding ortho intramolecular Hbond substituents is 1. The first-order chi connectivity index (χ1) is 10.6. The zero-order valence-corrected chi connectivity index (χ0v) is 12.1. The average Bonchev–Trinajstić information content (AvgIpc) is 2.90. The van der Waals surface area contributed by atoms with Crippen LogP contribution in [0.1, 0.15) is 22.3 Å². The van der Waals surface area contributed by atoms with Gasteiger partial charge in [0.1, 0.15) is 5.75 Å². The lowest BCUT2D eigenvalue weighted by atomic mass is 9.87. The summed E-state index contributed by atoms with van der Waals surface area (Å²) in [6.45, 7) is 1.83. The molecule has 106 valence electrons. The maximum Gasteiger partial charge on any atom is 0.194 e. The molecular weight excluding hydrogens is 272 g/mol. The van der Waals surface area contributed by atoms with Crippen molar-refractivity contribution in [3.63, 3.8) is 0 Å². The number of hydrogen-bond donors (Lipinski definition) is 1. The smallest absolute Gasteiger partial charge is 0.194 e. The van der Waals surface area contributed by atoms with Crippen molar-refractivity contribution in [1.29, 1.82) is 0 Å². The van der Waals surface area contributed by atoms with Crippen LogP contribution in [0.3, 0.4) is 0 Å². The predicted octanol–water partition coefficient (Wildman–Crippen LogP) is 4.15. The highest BCUT2D eigenvalue weighted by atomic mass is 16.3. The number of rotatable bonds is 1. The Morgan fingerprint density at radius 2 is 1.68 bits per heavy atom. The van der Waals surface area contributed by atoms with Gasteiger partial charge in [-0.1, -0.05) is 36.4 Å². The molecule has 0 aromatic heterocycles. The number of hydrogen-bond acceptors (Lipinski definition) is 2. The second-order valence-corrected chi connectivity index (χ2v) is 5.64. The first kappa shape index (κ1) is 12.8. The molecule has 2 aliphatic carbocycles. The highest BCUT2D eigenvalue weighted by Crippen LogP contribution is 2.41. The Balaban J connectivity index is 1.83. The summed E-state index contributed by atoms with van der Waals surface area (Å²) in [4.78, 5) is 12.8. The van der Waals surface area contributed by atoms with Gasteiger partial charge in [0.2, 0.25) is 0 Å². The van der Waals surface area contributed by atoms with E-state index in [2.05, 4.69) is 0 Å². The van der Waals surface area contributed by atoms with Crippen LogP contribution in [0.4, 0.5) is 0 Å².